The summed E-state index contributed by atoms with van der Waals surface area (Å²) in [5, 5.41) is 9.86. The molecule has 5 heteroatoms. The molecule has 0 aliphatic carbocycles. The molecule has 0 bridgehead atoms. The Morgan fingerprint density at radius 1 is 1.24 bits per heavy atom. The van der Waals surface area contributed by atoms with Gasteiger partial charge in [0.15, 0.2) is 5.65 Å². The Morgan fingerprint density at radius 3 is 2.76 bits per heavy atom. The number of hydrogen-bond acceptors (Lipinski definition) is 2. The second kappa shape index (κ2) is 3.63. The van der Waals surface area contributed by atoms with E-state index in [1.807, 2.05) is 24.3 Å². The van der Waals surface area contributed by atoms with E-state index in [4.69, 9.17) is 28.5 Å². The monoisotopic (exact) mass is 261 g/mol. The van der Waals surface area contributed by atoms with Crippen molar-refractivity contribution in [2.45, 2.75) is 0 Å². The van der Waals surface area contributed by atoms with Crippen molar-refractivity contribution in [3.8, 4) is 6.07 Å². The van der Waals surface area contributed by atoms with Crippen LogP contribution in [0.2, 0.25) is 10.2 Å². The predicted octanol–water partition coefficient (Wildman–Crippen LogP) is 3.67. The molecule has 2 aromatic heterocycles. The third-order valence-corrected chi connectivity index (χ3v) is 3.17. The van der Waals surface area contributed by atoms with Gasteiger partial charge >= 0.3 is 0 Å². The van der Waals surface area contributed by atoms with E-state index in [2.05, 4.69) is 11.1 Å². The van der Waals surface area contributed by atoms with Crippen LogP contribution in [0, 0.1) is 11.3 Å². The number of imidazole rings is 1. The standard InChI is InChI=1S/C12H5Cl2N3/c13-8-5-11(14)17-10-4-2-1-3-9(10)16-12(17)7(8)6-15/h1-5H. The highest BCUT2D eigenvalue weighted by Gasteiger charge is 2.14. The summed E-state index contributed by atoms with van der Waals surface area (Å²) < 4.78 is 1.72. The average Bonchev–Trinajstić information content (AvgIpc) is 2.68. The van der Waals surface area contributed by atoms with Gasteiger partial charge in [0.25, 0.3) is 0 Å². The van der Waals surface area contributed by atoms with Gasteiger partial charge in [-0.05, 0) is 18.2 Å². The lowest BCUT2D eigenvalue weighted by Crippen LogP contribution is -1.91. The van der Waals surface area contributed by atoms with Gasteiger partial charge in [0, 0.05) is 0 Å². The van der Waals surface area contributed by atoms with E-state index in [1.54, 1.807) is 10.5 Å². The molecule has 2 heterocycles. The minimum absolute atomic E-state index is 0.320. The fourth-order valence-electron chi connectivity index (χ4n) is 1.86. The van der Waals surface area contributed by atoms with E-state index in [1.165, 1.54) is 0 Å². The summed E-state index contributed by atoms with van der Waals surface area (Å²) >= 11 is 12.1. The first-order valence-electron chi connectivity index (χ1n) is 4.87. The molecular weight excluding hydrogens is 257 g/mol. The molecule has 1 aromatic carbocycles. The van der Waals surface area contributed by atoms with Gasteiger partial charge in [-0.15, -0.1) is 0 Å². The van der Waals surface area contributed by atoms with E-state index in [0.717, 1.165) is 11.0 Å². The Balaban J connectivity index is 2.65. The van der Waals surface area contributed by atoms with Crippen molar-refractivity contribution in [3.63, 3.8) is 0 Å². The molecule has 82 valence electrons. The van der Waals surface area contributed by atoms with E-state index >= 15 is 0 Å². The van der Waals surface area contributed by atoms with Crippen LogP contribution in [0.15, 0.2) is 30.3 Å². The van der Waals surface area contributed by atoms with Crippen LogP contribution in [-0.4, -0.2) is 9.38 Å². The zero-order valence-corrected chi connectivity index (χ0v) is 10.00. The summed E-state index contributed by atoms with van der Waals surface area (Å²) in [6.07, 6.45) is 0. The minimum Gasteiger partial charge on any atom is -0.281 e. The van der Waals surface area contributed by atoms with E-state index in [0.29, 0.717) is 21.4 Å². The largest absolute Gasteiger partial charge is 0.281 e. The Morgan fingerprint density at radius 2 is 2.00 bits per heavy atom. The van der Waals surface area contributed by atoms with E-state index in [9.17, 15) is 0 Å². The maximum absolute atomic E-state index is 9.10. The van der Waals surface area contributed by atoms with Crippen molar-refractivity contribution in [1.82, 2.24) is 9.38 Å². The molecule has 0 aliphatic rings. The van der Waals surface area contributed by atoms with Crippen molar-refractivity contribution >= 4 is 39.9 Å². The third kappa shape index (κ3) is 1.39. The molecule has 0 saturated carbocycles. The Hall–Kier alpha value is -1.76. The van der Waals surface area contributed by atoms with Crippen molar-refractivity contribution < 1.29 is 0 Å². The highest BCUT2D eigenvalue weighted by atomic mass is 35.5. The lowest BCUT2D eigenvalue weighted by molar-refractivity contribution is 1.21. The summed E-state index contributed by atoms with van der Waals surface area (Å²) in [5.74, 6) is 0. The molecule has 3 rings (SSSR count). The second-order valence-electron chi connectivity index (χ2n) is 3.56. The number of rotatable bonds is 0. The van der Waals surface area contributed by atoms with Gasteiger partial charge in [0.2, 0.25) is 0 Å². The first-order chi connectivity index (χ1) is 8.22. The first-order valence-corrected chi connectivity index (χ1v) is 5.63. The van der Waals surface area contributed by atoms with Gasteiger partial charge < -0.3 is 0 Å². The maximum atomic E-state index is 9.10. The first kappa shape index (κ1) is 10.4. The molecule has 0 saturated heterocycles. The Kier molecular flexibility index (Phi) is 2.22. The lowest BCUT2D eigenvalue weighted by Gasteiger charge is -2.02. The molecule has 3 aromatic rings. The topological polar surface area (TPSA) is 41.1 Å². The molecule has 0 N–H and O–H groups in total. The van der Waals surface area contributed by atoms with Crippen LogP contribution in [0.25, 0.3) is 16.7 Å². The summed E-state index contributed by atoms with van der Waals surface area (Å²) in [6.45, 7) is 0. The van der Waals surface area contributed by atoms with Crippen molar-refractivity contribution in [2.75, 3.05) is 0 Å². The van der Waals surface area contributed by atoms with Crippen LogP contribution >= 0.6 is 23.2 Å². The molecular formula is C12H5Cl2N3. The minimum atomic E-state index is 0.320. The smallest absolute Gasteiger partial charge is 0.158 e. The SMILES string of the molecule is N#Cc1c(Cl)cc(Cl)n2c1nc1ccccc12. The van der Waals surface area contributed by atoms with E-state index < -0.39 is 0 Å². The summed E-state index contributed by atoms with van der Waals surface area (Å²) in [4.78, 5) is 4.38. The second-order valence-corrected chi connectivity index (χ2v) is 4.36. The number of para-hydroxylation sites is 2. The molecule has 0 radical (unpaired) electrons. The Bertz CT molecular complexity index is 784. The number of nitriles is 1. The van der Waals surface area contributed by atoms with Crippen LogP contribution in [0.3, 0.4) is 0 Å². The van der Waals surface area contributed by atoms with Gasteiger partial charge in [-0.1, -0.05) is 35.3 Å². The van der Waals surface area contributed by atoms with Gasteiger partial charge in [-0.3, -0.25) is 4.40 Å². The molecule has 0 amide bonds. The molecule has 3 nitrogen and oxygen atoms in total. The number of halogens is 2. The highest BCUT2D eigenvalue weighted by Crippen LogP contribution is 2.28. The fourth-order valence-corrected chi connectivity index (χ4v) is 2.43. The number of benzene rings is 1. The number of aromatic nitrogens is 2. The quantitative estimate of drug-likeness (QED) is 0.580. The van der Waals surface area contributed by atoms with Crippen LogP contribution in [0.4, 0.5) is 0 Å². The van der Waals surface area contributed by atoms with Crippen molar-refractivity contribution in [3.05, 3.63) is 46.1 Å². The van der Waals surface area contributed by atoms with Gasteiger partial charge in [0.1, 0.15) is 16.8 Å². The number of pyridine rings is 1. The zero-order valence-electron chi connectivity index (χ0n) is 8.48. The van der Waals surface area contributed by atoms with Gasteiger partial charge in [0.05, 0.1) is 16.1 Å². The lowest BCUT2D eigenvalue weighted by atomic mass is 10.3. The molecule has 0 spiro atoms. The van der Waals surface area contributed by atoms with Gasteiger partial charge in [-0.25, -0.2) is 4.98 Å². The predicted molar refractivity (Wildman–Crippen MR) is 67.4 cm³/mol. The molecule has 0 fully saturated rings. The maximum Gasteiger partial charge on any atom is 0.158 e. The highest BCUT2D eigenvalue weighted by molar-refractivity contribution is 6.35. The molecule has 0 unspecified atom stereocenters. The molecule has 17 heavy (non-hydrogen) atoms. The van der Waals surface area contributed by atoms with Crippen LogP contribution in [0.5, 0.6) is 0 Å². The third-order valence-electron chi connectivity index (χ3n) is 2.59. The summed E-state index contributed by atoms with van der Waals surface area (Å²) in [6, 6.07) is 11.2. The van der Waals surface area contributed by atoms with Gasteiger partial charge in [-0.2, -0.15) is 5.26 Å². The van der Waals surface area contributed by atoms with Crippen molar-refractivity contribution in [2.24, 2.45) is 0 Å². The normalized spacial score (nSPS) is 10.9. The molecule has 0 atom stereocenters. The van der Waals surface area contributed by atoms with Crippen molar-refractivity contribution in [1.29, 1.82) is 5.26 Å². The van der Waals surface area contributed by atoms with Crippen LogP contribution in [-0.2, 0) is 0 Å². The number of nitrogens with zero attached hydrogens (tertiary/aromatic N) is 3. The number of hydrogen-bond donors (Lipinski definition) is 0. The average molecular weight is 262 g/mol. The Labute approximate surface area is 107 Å². The zero-order chi connectivity index (χ0) is 12.0. The van der Waals surface area contributed by atoms with Crippen LogP contribution in [0.1, 0.15) is 5.56 Å². The van der Waals surface area contributed by atoms with Crippen LogP contribution < -0.4 is 0 Å². The fraction of sp³-hybridized carbons (Fsp3) is 0. The summed E-state index contributed by atoms with van der Waals surface area (Å²) in [5.41, 5.74) is 2.48. The number of fused-ring (bicyclic) bond motifs is 3. The molecule has 0 aliphatic heterocycles. The summed E-state index contributed by atoms with van der Waals surface area (Å²) in [7, 11) is 0. The van der Waals surface area contributed by atoms with E-state index in [-0.39, 0.29) is 0 Å².